The number of nitrogens with one attached hydrogen (secondary N) is 2. The van der Waals surface area contributed by atoms with Crippen molar-refractivity contribution in [3.63, 3.8) is 0 Å². The third-order valence-electron chi connectivity index (χ3n) is 6.45. The molecule has 7 heteroatoms. The van der Waals surface area contributed by atoms with Crippen LogP contribution >= 0.6 is 0 Å². The summed E-state index contributed by atoms with van der Waals surface area (Å²) in [7, 11) is 0. The predicted octanol–water partition coefficient (Wildman–Crippen LogP) is 6.25. The minimum Gasteiger partial charge on any atom is -0.444 e. The molecule has 2 N–H and O–H groups in total. The number of ether oxygens (including phenoxy) is 1. The summed E-state index contributed by atoms with van der Waals surface area (Å²) in [4.78, 5) is 42.6. The molecule has 0 aliphatic heterocycles. The fraction of sp³-hybridized carbons (Fsp3) is 0.531. The van der Waals surface area contributed by atoms with Gasteiger partial charge in [-0.05, 0) is 63.5 Å². The Hall–Kier alpha value is -3.35. The summed E-state index contributed by atoms with van der Waals surface area (Å²) in [6.45, 7) is 15.7. The zero-order valence-corrected chi connectivity index (χ0v) is 24.9. The highest BCUT2D eigenvalue weighted by atomic mass is 16.6. The van der Waals surface area contributed by atoms with Crippen LogP contribution in [0.25, 0.3) is 0 Å². The molecule has 0 saturated heterocycles. The molecule has 0 saturated carbocycles. The highest BCUT2D eigenvalue weighted by Gasteiger charge is 2.39. The lowest BCUT2D eigenvalue weighted by Crippen LogP contribution is -2.57. The number of nitrogens with zero attached hydrogens (tertiary/aromatic N) is 1. The molecule has 214 valence electrons. The molecule has 3 unspecified atom stereocenters. The van der Waals surface area contributed by atoms with Crippen LogP contribution in [0.5, 0.6) is 0 Å². The standard InChI is InChI=1S/C32H47N3O4/c1-22(2)19-20-24(5)35(30(37)27(23(3)4)34-31(38)39-32(6,7)8)28(26-17-13-10-14-18-26)29(36)33-21-25-15-11-9-12-16-25/h9-18,22-24,27-28H,19-21H2,1-8H3,(H,33,36)(H,34,38). The molecule has 0 spiro atoms. The molecule has 2 rings (SSSR count). The second-order valence-corrected chi connectivity index (χ2v) is 12.0. The first-order valence-corrected chi connectivity index (χ1v) is 14.0. The number of carbonyl (C=O) groups is 3. The van der Waals surface area contributed by atoms with E-state index in [1.807, 2.05) is 81.4 Å². The monoisotopic (exact) mass is 537 g/mol. The molecular formula is C32H47N3O4. The molecule has 2 aromatic rings. The van der Waals surface area contributed by atoms with Crippen LogP contribution < -0.4 is 10.6 Å². The van der Waals surface area contributed by atoms with Crippen molar-refractivity contribution in [3.05, 3.63) is 71.8 Å². The second-order valence-electron chi connectivity index (χ2n) is 12.0. The van der Waals surface area contributed by atoms with E-state index in [0.29, 0.717) is 18.0 Å². The maximum atomic E-state index is 14.3. The molecular weight excluding hydrogens is 490 g/mol. The molecule has 0 aliphatic carbocycles. The number of amides is 3. The highest BCUT2D eigenvalue weighted by Crippen LogP contribution is 2.28. The summed E-state index contributed by atoms with van der Waals surface area (Å²) >= 11 is 0. The Bertz CT molecular complexity index is 1050. The first-order chi connectivity index (χ1) is 18.3. The number of hydrogen-bond acceptors (Lipinski definition) is 4. The maximum Gasteiger partial charge on any atom is 0.408 e. The van der Waals surface area contributed by atoms with Crippen molar-refractivity contribution < 1.29 is 19.1 Å². The fourth-order valence-electron chi connectivity index (χ4n) is 4.38. The zero-order valence-electron chi connectivity index (χ0n) is 24.9. The summed E-state index contributed by atoms with van der Waals surface area (Å²) < 4.78 is 5.47. The lowest BCUT2D eigenvalue weighted by atomic mass is 9.95. The lowest BCUT2D eigenvalue weighted by molar-refractivity contribution is -0.146. The Morgan fingerprint density at radius 3 is 1.92 bits per heavy atom. The van der Waals surface area contributed by atoms with Crippen LogP contribution in [0.15, 0.2) is 60.7 Å². The summed E-state index contributed by atoms with van der Waals surface area (Å²) in [6, 6.07) is 17.1. The number of hydrogen-bond donors (Lipinski definition) is 2. The number of carbonyl (C=O) groups excluding carboxylic acids is 3. The normalized spacial score (nSPS) is 13.9. The van der Waals surface area contributed by atoms with Crippen LogP contribution in [-0.2, 0) is 20.9 Å². The summed E-state index contributed by atoms with van der Waals surface area (Å²) in [5.74, 6) is -0.369. The van der Waals surface area contributed by atoms with Crippen molar-refractivity contribution in [2.24, 2.45) is 11.8 Å². The maximum absolute atomic E-state index is 14.3. The van der Waals surface area contributed by atoms with E-state index in [1.54, 1.807) is 25.7 Å². The van der Waals surface area contributed by atoms with Crippen molar-refractivity contribution in [1.29, 1.82) is 0 Å². The first kappa shape index (κ1) is 31.9. The average Bonchev–Trinajstić information content (AvgIpc) is 2.87. The third kappa shape index (κ3) is 10.4. The summed E-state index contributed by atoms with van der Waals surface area (Å²) in [5, 5.41) is 5.84. The Morgan fingerprint density at radius 2 is 1.41 bits per heavy atom. The van der Waals surface area contributed by atoms with Gasteiger partial charge in [-0.25, -0.2) is 4.79 Å². The lowest BCUT2D eigenvalue weighted by Gasteiger charge is -2.39. The molecule has 39 heavy (non-hydrogen) atoms. The second kappa shape index (κ2) is 14.7. The van der Waals surface area contributed by atoms with Crippen molar-refractivity contribution >= 4 is 17.9 Å². The van der Waals surface area contributed by atoms with Gasteiger partial charge >= 0.3 is 6.09 Å². The number of rotatable bonds is 12. The van der Waals surface area contributed by atoms with E-state index in [4.69, 9.17) is 4.74 Å². The van der Waals surface area contributed by atoms with E-state index in [2.05, 4.69) is 24.5 Å². The first-order valence-electron chi connectivity index (χ1n) is 14.0. The highest BCUT2D eigenvalue weighted by molar-refractivity contribution is 5.92. The SMILES string of the molecule is CC(C)CCC(C)N(C(=O)C(NC(=O)OC(C)(C)C)C(C)C)C(C(=O)NCc1ccccc1)c1ccccc1. The Balaban J connectivity index is 2.49. The fourth-order valence-corrected chi connectivity index (χ4v) is 4.38. The van der Waals surface area contributed by atoms with Crippen LogP contribution in [0.1, 0.15) is 85.4 Å². The van der Waals surface area contributed by atoms with Crippen LogP contribution in [0.4, 0.5) is 4.79 Å². The van der Waals surface area contributed by atoms with Crippen LogP contribution in [-0.4, -0.2) is 40.5 Å². The molecule has 7 nitrogen and oxygen atoms in total. The molecule has 0 radical (unpaired) electrons. The zero-order chi connectivity index (χ0) is 29.2. The van der Waals surface area contributed by atoms with Crippen molar-refractivity contribution in [2.75, 3.05) is 0 Å². The van der Waals surface area contributed by atoms with Gasteiger partial charge in [0.25, 0.3) is 0 Å². The quantitative estimate of drug-likeness (QED) is 0.335. The molecule has 2 aromatic carbocycles. The topological polar surface area (TPSA) is 87.7 Å². The van der Waals surface area contributed by atoms with E-state index in [0.717, 1.165) is 18.4 Å². The van der Waals surface area contributed by atoms with E-state index >= 15 is 0 Å². The molecule has 0 heterocycles. The minimum atomic E-state index is -0.869. The summed E-state index contributed by atoms with van der Waals surface area (Å²) in [6.07, 6.45) is 0.953. The molecule has 3 amide bonds. The molecule has 0 bridgehead atoms. The van der Waals surface area contributed by atoms with Gasteiger partial charge in [-0.3, -0.25) is 9.59 Å². The van der Waals surface area contributed by atoms with Crippen molar-refractivity contribution in [2.45, 2.75) is 98.5 Å². The molecule has 0 aromatic heterocycles. The van der Waals surface area contributed by atoms with Crippen LogP contribution in [0.2, 0.25) is 0 Å². The van der Waals surface area contributed by atoms with Gasteiger partial charge in [0.05, 0.1) is 0 Å². The third-order valence-corrected chi connectivity index (χ3v) is 6.45. The van der Waals surface area contributed by atoms with Gasteiger partial charge in [-0.1, -0.05) is 88.4 Å². The molecule has 0 aliphatic rings. The molecule has 3 atom stereocenters. The van der Waals surface area contributed by atoms with Crippen LogP contribution in [0, 0.1) is 11.8 Å². The van der Waals surface area contributed by atoms with E-state index in [9.17, 15) is 14.4 Å². The Morgan fingerprint density at radius 1 is 0.846 bits per heavy atom. The van der Waals surface area contributed by atoms with Gasteiger partial charge < -0.3 is 20.3 Å². The van der Waals surface area contributed by atoms with E-state index in [1.165, 1.54) is 0 Å². The predicted molar refractivity (Wildman–Crippen MR) is 156 cm³/mol. The van der Waals surface area contributed by atoms with Gasteiger partial charge in [0, 0.05) is 12.6 Å². The van der Waals surface area contributed by atoms with E-state index in [-0.39, 0.29) is 23.8 Å². The Labute approximate surface area is 234 Å². The van der Waals surface area contributed by atoms with Gasteiger partial charge in [-0.2, -0.15) is 0 Å². The largest absolute Gasteiger partial charge is 0.444 e. The Kier molecular flexibility index (Phi) is 12.0. The van der Waals surface area contributed by atoms with Gasteiger partial charge in [-0.15, -0.1) is 0 Å². The molecule has 0 fully saturated rings. The average molecular weight is 538 g/mol. The number of benzene rings is 2. The summed E-state index contributed by atoms with van der Waals surface area (Å²) in [5.41, 5.74) is 0.977. The van der Waals surface area contributed by atoms with Crippen LogP contribution in [0.3, 0.4) is 0 Å². The van der Waals surface area contributed by atoms with Gasteiger partial charge in [0.2, 0.25) is 11.8 Å². The number of alkyl carbamates (subject to hydrolysis) is 1. The van der Waals surface area contributed by atoms with Crippen molar-refractivity contribution in [3.8, 4) is 0 Å². The van der Waals surface area contributed by atoms with Crippen molar-refractivity contribution in [1.82, 2.24) is 15.5 Å². The van der Waals surface area contributed by atoms with Gasteiger partial charge in [0.1, 0.15) is 17.7 Å². The minimum absolute atomic E-state index is 0.228. The smallest absolute Gasteiger partial charge is 0.408 e. The van der Waals surface area contributed by atoms with E-state index < -0.39 is 23.8 Å². The van der Waals surface area contributed by atoms with Gasteiger partial charge in [0.15, 0.2) is 0 Å².